The van der Waals surface area contributed by atoms with Gasteiger partial charge in [0, 0.05) is 5.56 Å². The summed E-state index contributed by atoms with van der Waals surface area (Å²) in [6.07, 6.45) is 3.52. The molecule has 162 valence electrons. The molecule has 6 nitrogen and oxygen atoms in total. The van der Waals surface area contributed by atoms with Crippen LogP contribution >= 0.6 is 11.3 Å². The van der Waals surface area contributed by atoms with Crippen molar-refractivity contribution in [3.8, 4) is 28.6 Å². The van der Waals surface area contributed by atoms with Gasteiger partial charge in [-0.25, -0.2) is 0 Å². The molecule has 0 aliphatic rings. The highest BCUT2D eigenvalue weighted by molar-refractivity contribution is 7.15. The Hall–Kier alpha value is -4.23. The summed E-state index contributed by atoms with van der Waals surface area (Å²) >= 11 is 1.30. The third-order valence-electron chi connectivity index (χ3n) is 4.80. The van der Waals surface area contributed by atoms with Gasteiger partial charge in [0.25, 0.3) is 5.56 Å². The first-order valence-corrected chi connectivity index (χ1v) is 11.1. The average molecular weight is 454 g/mol. The maximum absolute atomic E-state index is 12.9. The zero-order valence-corrected chi connectivity index (χ0v) is 18.4. The summed E-state index contributed by atoms with van der Waals surface area (Å²) in [5.41, 5.74) is 1.47. The predicted octanol–water partition coefficient (Wildman–Crippen LogP) is 4.72. The molecule has 0 fully saturated rings. The molecule has 0 bridgehead atoms. The lowest BCUT2D eigenvalue weighted by molar-refractivity contribution is 0.363. The maximum atomic E-state index is 12.9. The number of nitrogens with zero attached hydrogens (tertiary/aromatic N) is 3. The lowest BCUT2D eigenvalue weighted by atomic mass is 10.2. The van der Waals surface area contributed by atoms with E-state index in [9.17, 15) is 4.79 Å². The summed E-state index contributed by atoms with van der Waals surface area (Å²) < 4.78 is 13.3. The topological polar surface area (TPSA) is 65.7 Å². The Labute approximate surface area is 193 Å². The Bertz CT molecular complexity index is 1520. The van der Waals surface area contributed by atoms with E-state index in [2.05, 4.69) is 16.7 Å². The molecule has 0 atom stereocenters. The molecule has 0 saturated heterocycles. The van der Waals surface area contributed by atoms with Crippen LogP contribution in [0.25, 0.3) is 22.4 Å². The summed E-state index contributed by atoms with van der Waals surface area (Å²) in [4.78, 5) is 18.0. The maximum Gasteiger partial charge on any atom is 0.291 e. The third kappa shape index (κ3) is 4.53. The predicted molar refractivity (Wildman–Crippen MR) is 130 cm³/mol. The third-order valence-corrected chi connectivity index (χ3v) is 5.76. The van der Waals surface area contributed by atoms with Gasteiger partial charge in [-0.05, 0) is 60.2 Å². The van der Waals surface area contributed by atoms with Gasteiger partial charge in [-0.3, -0.25) is 4.79 Å². The Kier molecular flexibility index (Phi) is 5.70. The molecule has 0 saturated carbocycles. The quantitative estimate of drug-likeness (QED) is 0.334. The molecule has 33 heavy (non-hydrogen) atoms. The molecule has 2 heterocycles. The van der Waals surface area contributed by atoms with Crippen LogP contribution in [0.5, 0.6) is 17.2 Å². The van der Waals surface area contributed by atoms with Gasteiger partial charge in [0.05, 0.1) is 4.53 Å². The molecular weight excluding hydrogens is 434 g/mol. The number of rotatable bonds is 7. The van der Waals surface area contributed by atoms with Crippen LogP contribution < -0.4 is 19.6 Å². The van der Waals surface area contributed by atoms with E-state index in [0.717, 1.165) is 22.6 Å². The Balaban J connectivity index is 1.41. The number of fused-ring (bicyclic) bond motifs is 1. The molecule has 0 amide bonds. The van der Waals surface area contributed by atoms with Gasteiger partial charge in [-0.1, -0.05) is 54.3 Å². The van der Waals surface area contributed by atoms with Crippen molar-refractivity contribution in [3.63, 3.8) is 0 Å². The van der Waals surface area contributed by atoms with E-state index in [0.29, 0.717) is 27.7 Å². The van der Waals surface area contributed by atoms with E-state index in [4.69, 9.17) is 9.47 Å². The number of ether oxygens (including phenoxy) is 2. The first-order chi connectivity index (χ1) is 16.2. The molecular formula is C26H19N3O3S. The minimum absolute atomic E-state index is 0.200. The average Bonchev–Trinajstić information content (AvgIpc) is 3.38. The lowest BCUT2D eigenvalue weighted by Gasteiger charge is -2.05. The monoisotopic (exact) mass is 453 g/mol. The molecule has 3 aromatic carbocycles. The summed E-state index contributed by atoms with van der Waals surface area (Å²) in [5.74, 6) is 2.69. The van der Waals surface area contributed by atoms with E-state index in [1.807, 2.05) is 84.9 Å². The highest BCUT2D eigenvalue weighted by atomic mass is 32.1. The SMILES string of the molecule is C=CCOc1ccc(-c2nc3s/c(=C\c4cccc(Oc5ccccc5)c4)c(=O)n3n2)cc1. The van der Waals surface area contributed by atoms with Crippen LogP contribution in [0.2, 0.25) is 0 Å². The van der Waals surface area contributed by atoms with Gasteiger partial charge >= 0.3 is 0 Å². The number of benzene rings is 3. The fraction of sp³-hybridized carbons (Fsp3) is 0.0385. The Morgan fingerprint density at radius 1 is 0.939 bits per heavy atom. The fourth-order valence-corrected chi connectivity index (χ4v) is 4.16. The van der Waals surface area contributed by atoms with Crippen LogP contribution in [0.15, 0.2) is 96.3 Å². The Morgan fingerprint density at radius 2 is 1.73 bits per heavy atom. The van der Waals surface area contributed by atoms with E-state index in [1.54, 1.807) is 6.08 Å². The van der Waals surface area contributed by atoms with Crippen molar-refractivity contribution in [2.45, 2.75) is 0 Å². The molecule has 5 aromatic rings. The number of hydrogen-bond donors (Lipinski definition) is 0. The first kappa shape index (κ1) is 20.7. The Morgan fingerprint density at radius 3 is 2.48 bits per heavy atom. The second-order valence-corrected chi connectivity index (χ2v) is 8.17. The van der Waals surface area contributed by atoms with Crippen LogP contribution in [0, 0.1) is 0 Å². The van der Waals surface area contributed by atoms with Gasteiger partial charge in [0.2, 0.25) is 4.96 Å². The van der Waals surface area contributed by atoms with Crippen molar-refractivity contribution in [2.75, 3.05) is 6.61 Å². The molecule has 0 N–H and O–H groups in total. The standard InChI is InChI=1S/C26H19N3O3S/c1-2-15-31-20-13-11-19(12-14-20)24-27-26-29(28-24)25(30)23(33-26)17-18-7-6-10-22(16-18)32-21-8-4-3-5-9-21/h2-14,16-17H,1,15H2/b23-17-. The van der Waals surface area contributed by atoms with Gasteiger partial charge in [0.1, 0.15) is 23.9 Å². The molecule has 5 rings (SSSR count). The number of thiazole rings is 1. The van der Waals surface area contributed by atoms with Gasteiger partial charge in [-0.2, -0.15) is 9.50 Å². The van der Waals surface area contributed by atoms with Crippen LogP contribution in [-0.2, 0) is 0 Å². The highest BCUT2D eigenvalue weighted by Crippen LogP contribution is 2.23. The smallest absolute Gasteiger partial charge is 0.291 e. The fourth-order valence-electron chi connectivity index (χ4n) is 3.26. The zero-order chi connectivity index (χ0) is 22.6. The van der Waals surface area contributed by atoms with E-state index in [1.165, 1.54) is 15.9 Å². The van der Waals surface area contributed by atoms with Gasteiger partial charge in [-0.15, -0.1) is 5.10 Å². The van der Waals surface area contributed by atoms with Crippen molar-refractivity contribution in [3.05, 3.63) is 112 Å². The van der Waals surface area contributed by atoms with Crippen LogP contribution in [0.3, 0.4) is 0 Å². The van der Waals surface area contributed by atoms with Crippen LogP contribution in [0.1, 0.15) is 5.56 Å². The van der Waals surface area contributed by atoms with Crippen molar-refractivity contribution in [1.82, 2.24) is 14.6 Å². The lowest BCUT2D eigenvalue weighted by Crippen LogP contribution is -2.23. The van der Waals surface area contributed by atoms with Gasteiger partial charge in [0.15, 0.2) is 5.82 Å². The molecule has 0 spiro atoms. The van der Waals surface area contributed by atoms with E-state index in [-0.39, 0.29) is 5.56 Å². The van der Waals surface area contributed by atoms with E-state index < -0.39 is 0 Å². The van der Waals surface area contributed by atoms with Crippen LogP contribution in [-0.4, -0.2) is 21.2 Å². The number of aromatic nitrogens is 3. The second-order valence-electron chi connectivity index (χ2n) is 7.16. The van der Waals surface area contributed by atoms with E-state index >= 15 is 0 Å². The summed E-state index contributed by atoms with van der Waals surface area (Å²) in [5, 5.41) is 4.41. The summed E-state index contributed by atoms with van der Waals surface area (Å²) in [7, 11) is 0. The molecule has 0 unspecified atom stereocenters. The summed E-state index contributed by atoms with van der Waals surface area (Å²) in [6.45, 7) is 4.08. The minimum Gasteiger partial charge on any atom is -0.490 e. The van der Waals surface area contributed by atoms with Crippen molar-refractivity contribution in [2.24, 2.45) is 0 Å². The molecule has 2 aromatic heterocycles. The molecule has 7 heteroatoms. The van der Waals surface area contributed by atoms with Crippen molar-refractivity contribution >= 4 is 22.4 Å². The van der Waals surface area contributed by atoms with Crippen molar-refractivity contribution in [1.29, 1.82) is 0 Å². The largest absolute Gasteiger partial charge is 0.490 e. The molecule has 0 radical (unpaired) electrons. The normalized spacial score (nSPS) is 11.6. The summed E-state index contributed by atoms with van der Waals surface area (Å²) in [6, 6.07) is 24.6. The number of para-hydroxylation sites is 1. The highest BCUT2D eigenvalue weighted by Gasteiger charge is 2.12. The second kappa shape index (κ2) is 9.10. The zero-order valence-electron chi connectivity index (χ0n) is 17.5. The first-order valence-electron chi connectivity index (χ1n) is 10.3. The van der Waals surface area contributed by atoms with Gasteiger partial charge < -0.3 is 9.47 Å². The number of hydrogen-bond acceptors (Lipinski definition) is 6. The van der Waals surface area contributed by atoms with Crippen LogP contribution in [0.4, 0.5) is 0 Å². The molecule has 0 aliphatic heterocycles. The molecule has 0 aliphatic carbocycles. The van der Waals surface area contributed by atoms with Crippen molar-refractivity contribution < 1.29 is 9.47 Å². The minimum atomic E-state index is -0.200.